The van der Waals surface area contributed by atoms with Crippen LogP contribution in [0.3, 0.4) is 0 Å². The van der Waals surface area contributed by atoms with Crippen LogP contribution in [-0.2, 0) is 18.6 Å². The van der Waals surface area contributed by atoms with Gasteiger partial charge in [0.1, 0.15) is 0 Å². The molecule has 0 heterocycles. The van der Waals surface area contributed by atoms with Gasteiger partial charge in [-0.25, -0.2) is 0 Å². The van der Waals surface area contributed by atoms with Gasteiger partial charge in [-0.3, -0.25) is 0 Å². The molecule has 0 fully saturated rings. The fourth-order valence-electron chi connectivity index (χ4n) is 0.433. The van der Waals surface area contributed by atoms with Crippen LogP contribution in [0.15, 0.2) is 0 Å². The van der Waals surface area contributed by atoms with Gasteiger partial charge in [0.15, 0.2) is 0 Å². The molecule has 0 amide bonds. The summed E-state index contributed by atoms with van der Waals surface area (Å²) in [5, 5.41) is 28.6. The smallest absolute Gasteiger partial charge is 0 e. The molecule has 0 aliphatic rings. The van der Waals surface area contributed by atoms with Gasteiger partial charge in [0.2, 0.25) is 0 Å². The number of rotatable bonds is 6. The van der Waals surface area contributed by atoms with Crippen LogP contribution in [0.1, 0.15) is 59.3 Å². The van der Waals surface area contributed by atoms with E-state index in [0.717, 1.165) is 38.5 Å². The maximum atomic E-state index is 9.53. The summed E-state index contributed by atoms with van der Waals surface area (Å²) in [7, 11) is 0. The Morgan fingerprint density at radius 1 is 0.588 bits per heavy atom. The van der Waals surface area contributed by atoms with Crippen molar-refractivity contribution in [3.8, 4) is 0 Å². The van der Waals surface area contributed by atoms with Crippen molar-refractivity contribution in [3.05, 3.63) is 0 Å². The maximum Gasteiger partial charge on any atom is 0 e. The van der Waals surface area contributed by atoms with Crippen LogP contribution in [0.2, 0.25) is 0 Å². The van der Waals surface area contributed by atoms with Gasteiger partial charge in [-0.05, 0) is 0 Å². The van der Waals surface area contributed by atoms with E-state index in [1.807, 2.05) is 20.8 Å². The summed E-state index contributed by atoms with van der Waals surface area (Å²) in [5.41, 5.74) is 0. The summed E-state index contributed by atoms with van der Waals surface area (Å²) in [6.45, 7) is 6.32. The van der Waals surface area contributed by atoms with Crippen molar-refractivity contribution >= 4 is 0 Å². The summed E-state index contributed by atoms with van der Waals surface area (Å²) in [6.07, 6.45) is 5.59. The average molecular weight is 288 g/mol. The van der Waals surface area contributed by atoms with Crippen LogP contribution in [-0.4, -0.2) is 25.3 Å². The summed E-state index contributed by atoms with van der Waals surface area (Å²) in [6, 6.07) is 0. The first-order valence-corrected chi connectivity index (χ1v) is 5.99. The molecule has 0 atom stereocenters. The van der Waals surface area contributed by atoms with E-state index in [9.17, 15) is 15.3 Å². The standard InChI is InChI=1S/3C4H9O.H2O.V/c3*1-2-3-4-5;;/h3*2-4H2,1H3;1H2;/q3*-1;;. The predicted octanol–water partition coefficient (Wildman–Crippen LogP) is -0.387. The largest absolute Gasteiger partial charge is 0.854 e. The predicted molar refractivity (Wildman–Crippen MR) is 62.9 cm³/mol. The SMILES string of the molecule is CCCC[O-].CCCC[O-].CCCC[O-].O.[V]. The Kier molecular flexibility index (Phi) is 78.8. The third kappa shape index (κ3) is 82.8. The van der Waals surface area contributed by atoms with Gasteiger partial charge in [-0.2, -0.15) is 0 Å². The Morgan fingerprint density at radius 2 is 0.765 bits per heavy atom. The van der Waals surface area contributed by atoms with Crippen molar-refractivity contribution in [2.24, 2.45) is 0 Å². The van der Waals surface area contributed by atoms with E-state index in [1.54, 1.807) is 0 Å². The van der Waals surface area contributed by atoms with Crippen LogP contribution in [0.4, 0.5) is 0 Å². The summed E-state index contributed by atoms with van der Waals surface area (Å²) < 4.78 is 0. The minimum atomic E-state index is 0. The van der Waals surface area contributed by atoms with Gasteiger partial charge in [0.25, 0.3) is 0 Å². The van der Waals surface area contributed by atoms with E-state index in [4.69, 9.17) is 0 Å². The van der Waals surface area contributed by atoms with Crippen molar-refractivity contribution < 1.29 is 39.4 Å². The van der Waals surface area contributed by atoms with Crippen LogP contribution in [0.25, 0.3) is 0 Å². The molecule has 0 aromatic carbocycles. The molecule has 0 aromatic heterocycles. The fraction of sp³-hybridized carbons (Fsp3) is 1.00. The molecule has 0 bridgehead atoms. The molecule has 0 rings (SSSR count). The zero-order chi connectivity index (χ0) is 12.4. The minimum Gasteiger partial charge on any atom is -0.854 e. The molecule has 109 valence electrons. The summed E-state index contributed by atoms with van der Waals surface area (Å²) in [5.74, 6) is 0. The molecule has 2 N–H and O–H groups in total. The number of unbranched alkanes of at least 4 members (excludes halogenated alkanes) is 3. The van der Waals surface area contributed by atoms with Crippen LogP contribution < -0.4 is 15.3 Å². The molecule has 0 unspecified atom stereocenters. The molecular formula is C12H29O4V-3. The number of hydrogen-bond acceptors (Lipinski definition) is 3. The third-order valence-electron chi connectivity index (χ3n) is 1.49. The van der Waals surface area contributed by atoms with E-state index < -0.39 is 0 Å². The zero-order valence-electron chi connectivity index (χ0n) is 11.5. The van der Waals surface area contributed by atoms with Gasteiger partial charge in [0.05, 0.1) is 0 Å². The van der Waals surface area contributed by atoms with E-state index in [2.05, 4.69) is 0 Å². The minimum absolute atomic E-state index is 0. The summed E-state index contributed by atoms with van der Waals surface area (Å²) in [4.78, 5) is 0. The summed E-state index contributed by atoms with van der Waals surface area (Å²) >= 11 is 0. The molecule has 1 radical (unpaired) electrons. The molecule has 0 aliphatic carbocycles. The Bertz CT molecular complexity index is 55.3. The van der Waals surface area contributed by atoms with Crippen molar-refractivity contribution in [1.29, 1.82) is 0 Å². The van der Waals surface area contributed by atoms with Crippen molar-refractivity contribution in [1.82, 2.24) is 0 Å². The van der Waals surface area contributed by atoms with Crippen LogP contribution in [0, 0.1) is 0 Å². The zero-order valence-corrected chi connectivity index (χ0v) is 12.9. The first-order valence-electron chi connectivity index (χ1n) is 5.99. The van der Waals surface area contributed by atoms with Gasteiger partial charge in [0, 0.05) is 18.6 Å². The number of hydrogen-bond donors (Lipinski definition) is 0. The van der Waals surface area contributed by atoms with Gasteiger partial charge < -0.3 is 20.8 Å². The average Bonchev–Trinajstić information content (AvgIpc) is 2.23. The maximum absolute atomic E-state index is 9.53. The molecule has 17 heavy (non-hydrogen) atoms. The van der Waals surface area contributed by atoms with Crippen molar-refractivity contribution in [2.75, 3.05) is 19.8 Å². The van der Waals surface area contributed by atoms with E-state index in [0.29, 0.717) is 0 Å². The van der Waals surface area contributed by atoms with Gasteiger partial charge >= 0.3 is 0 Å². The molecule has 0 saturated carbocycles. The molecular weight excluding hydrogens is 259 g/mol. The normalized spacial score (nSPS) is 7.41. The molecule has 5 heteroatoms. The Morgan fingerprint density at radius 3 is 0.765 bits per heavy atom. The first-order chi connectivity index (χ1) is 7.24. The molecule has 0 saturated heterocycles. The molecule has 4 nitrogen and oxygen atoms in total. The second-order valence-corrected chi connectivity index (χ2v) is 3.17. The third-order valence-corrected chi connectivity index (χ3v) is 1.49. The first kappa shape index (κ1) is 30.4. The van der Waals surface area contributed by atoms with Crippen molar-refractivity contribution in [3.63, 3.8) is 0 Å². The van der Waals surface area contributed by atoms with Gasteiger partial charge in [-0.1, -0.05) is 59.3 Å². The second-order valence-electron chi connectivity index (χ2n) is 3.17. The van der Waals surface area contributed by atoms with E-state index in [-0.39, 0.29) is 43.9 Å². The van der Waals surface area contributed by atoms with E-state index >= 15 is 0 Å². The van der Waals surface area contributed by atoms with Gasteiger partial charge in [-0.15, -0.1) is 19.8 Å². The Hall–Kier alpha value is 0.424. The molecule has 0 aliphatic heterocycles. The van der Waals surface area contributed by atoms with Crippen LogP contribution >= 0.6 is 0 Å². The molecule has 0 aromatic rings. The molecule has 0 spiro atoms. The quantitative estimate of drug-likeness (QED) is 0.665. The topological polar surface area (TPSA) is 101 Å². The second kappa shape index (κ2) is 44.0. The van der Waals surface area contributed by atoms with Crippen LogP contribution in [0.5, 0.6) is 0 Å². The Balaban J connectivity index is -0.0000000400. The Labute approximate surface area is 119 Å². The fourth-order valence-corrected chi connectivity index (χ4v) is 0.433. The van der Waals surface area contributed by atoms with Crippen molar-refractivity contribution in [2.45, 2.75) is 59.3 Å². The monoisotopic (exact) mass is 288 g/mol. The van der Waals surface area contributed by atoms with E-state index in [1.165, 1.54) is 0 Å².